The van der Waals surface area contributed by atoms with Gasteiger partial charge in [-0.2, -0.15) is 0 Å². The lowest BCUT2D eigenvalue weighted by Gasteiger charge is -2.26. The summed E-state index contributed by atoms with van der Waals surface area (Å²) in [6.07, 6.45) is 3.79. The second-order valence-electron chi connectivity index (χ2n) is 11.2. The van der Waals surface area contributed by atoms with E-state index in [2.05, 4.69) is 36.5 Å². The summed E-state index contributed by atoms with van der Waals surface area (Å²) in [6, 6.07) is 4.64. The first-order valence-electron chi connectivity index (χ1n) is 14.4. The molecule has 2 aromatic rings. The van der Waals surface area contributed by atoms with Gasteiger partial charge in [0.2, 0.25) is 23.6 Å². The molecule has 13 heteroatoms. The first-order valence-corrected chi connectivity index (χ1v) is 14.4. The Morgan fingerprint density at radius 1 is 1.00 bits per heavy atom. The van der Waals surface area contributed by atoms with Crippen LogP contribution in [0.25, 0.3) is 0 Å². The topological polar surface area (TPSA) is 160 Å². The van der Waals surface area contributed by atoms with Crippen LogP contribution in [0.5, 0.6) is 5.75 Å². The largest absolute Gasteiger partial charge is 0.492 e. The molecule has 3 heterocycles. The van der Waals surface area contributed by atoms with Crippen LogP contribution >= 0.6 is 0 Å². The number of ether oxygens (including phenoxy) is 1. The average molecular weight is 585 g/mol. The minimum absolute atomic E-state index is 0.0875. The van der Waals surface area contributed by atoms with E-state index in [-0.39, 0.29) is 24.8 Å². The number of hydrogen-bond acceptors (Lipinski definition) is 8. The van der Waals surface area contributed by atoms with E-state index < -0.39 is 35.8 Å². The summed E-state index contributed by atoms with van der Waals surface area (Å²) >= 11 is 0. The van der Waals surface area contributed by atoms with Crippen LogP contribution in [0, 0.1) is 5.92 Å². The number of fused-ring (bicyclic) bond motifs is 16. The molecule has 4 rings (SSSR count). The molecule has 4 N–H and O–H groups in total. The molecule has 2 aliphatic heterocycles. The summed E-state index contributed by atoms with van der Waals surface area (Å²) in [5.41, 5.74) is 1.34. The van der Waals surface area contributed by atoms with Crippen LogP contribution < -0.4 is 26.0 Å². The van der Waals surface area contributed by atoms with E-state index in [1.54, 1.807) is 29.9 Å². The van der Waals surface area contributed by atoms with Gasteiger partial charge < -0.3 is 30.9 Å². The highest BCUT2D eigenvalue weighted by Gasteiger charge is 2.30. The molecule has 42 heavy (non-hydrogen) atoms. The van der Waals surface area contributed by atoms with Gasteiger partial charge in [0.1, 0.15) is 36.2 Å². The van der Waals surface area contributed by atoms with Crippen molar-refractivity contribution in [1.82, 2.24) is 41.2 Å². The van der Waals surface area contributed by atoms with E-state index in [1.807, 2.05) is 40.1 Å². The molecule has 0 radical (unpaired) electrons. The van der Waals surface area contributed by atoms with Crippen molar-refractivity contribution in [2.45, 2.75) is 77.7 Å². The third-order valence-electron chi connectivity index (χ3n) is 6.91. The van der Waals surface area contributed by atoms with E-state index >= 15 is 0 Å². The smallest absolute Gasteiger partial charge is 0.243 e. The zero-order valence-corrected chi connectivity index (χ0v) is 25.2. The van der Waals surface area contributed by atoms with Crippen molar-refractivity contribution in [3.63, 3.8) is 0 Å². The summed E-state index contributed by atoms with van der Waals surface area (Å²) in [5.74, 6) is -1.24. The molecular formula is C29H44N8O5. The number of benzene rings is 1. The maximum Gasteiger partial charge on any atom is 0.243 e. The Morgan fingerprint density at radius 2 is 1.74 bits per heavy atom. The van der Waals surface area contributed by atoms with Gasteiger partial charge in [0.25, 0.3) is 0 Å². The molecule has 0 saturated carbocycles. The van der Waals surface area contributed by atoms with Crippen LogP contribution in [-0.4, -0.2) is 88.9 Å². The third-order valence-corrected chi connectivity index (χ3v) is 6.91. The lowest BCUT2D eigenvalue weighted by Crippen LogP contribution is -2.57. The Balaban J connectivity index is 1.79. The SMILES string of the molecule is CC(C)[C@@H]1NC(=O)[C@H](CCCCN(C)C)NC(=O)Cc2ccc(cc2)OCCn2cc(nn2)CNC(=O)[C@@H](C)NC1=O. The Morgan fingerprint density at radius 3 is 2.43 bits per heavy atom. The molecule has 0 aliphatic carbocycles. The molecule has 4 amide bonds. The molecule has 1 aromatic heterocycles. The number of nitrogens with one attached hydrogen (secondary N) is 4. The van der Waals surface area contributed by atoms with Crippen molar-refractivity contribution in [1.29, 1.82) is 0 Å². The first kappa shape index (κ1) is 32.5. The Bertz CT molecular complexity index is 1200. The Hall–Kier alpha value is -4.00. The van der Waals surface area contributed by atoms with Gasteiger partial charge in [-0.25, -0.2) is 4.68 Å². The van der Waals surface area contributed by atoms with Gasteiger partial charge in [-0.3, -0.25) is 19.2 Å². The zero-order valence-electron chi connectivity index (χ0n) is 25.2. The first-order chi connectivity index (χ1) is 20.0. The van der Waals surface area contributed by atoms with E-state index in [1.165, 1.54) is 0 Å². The predicted molar refractivity (Wildman–Crippen MR) is 156 cm³/mol. The molecular weight excluding hydrogens is 540 g/mol. The molecule has 0 unspecified atom stereocenters. The van der Waals surface area contributed by atoms with E-state index in [4.69, 9.17) is 4.74 Å². The minimum atomic E-state index is -0.900. The van der Waals surface area contributed by atoms with Gasteiger partial charge in [0, 0.05) is 0 Å². The summed E-state index contributed by atoms with van der Waals surface area (Å²) in [7, 11) is 3.96. The molecule has 0 saturated heterocycles. The van der Waals surface area contributed by atoms with Gasteiger partial charge in [0.15, 0.2) is 0 Å². The summed E-state index contributed by atoms with van der Waals surface area (Å²) < 4.78 is 7.42. The van der Waals surface area contributed by atoms with E-state index in [0.29, 0.717) is 37.4 Å². The third kappa shape index (κ3) is 10.4. The molecule has 0 fully saturated rings. The highest BCUT2D eigenvalue weighted by Crippen LogP contribution is 2.14. The maximum absolute atomic E-state index is 13.4. The Labute approximate surface area is 247 Å². The van der Waals surface area contributed by atoms with Crippen LogP contribution in [-0.2, 0) is 38.7 Å². The van der Waals surface area contributed by atoms with Crippen molar-refractivity contribution in [3.05, 3.63) is 41.7 Å². The van der Waals surface area contributed by atoms with Crippen molar-refractivity contribution < 1.29 is 23.9 Å². The van der Waals surface area contributed by atoms with E-state index in [9.17, 15) is 19.2 Å². The van der Waals surface area contributed by atoms with Crippen LogP contribution in [0.2, 0.25) is 0 Å². The minimum Gasteiger partial charge on any atom is -0.492 e. The number of aromatic nitrogens is 3. The number of amides is 4. The summed E-state index contributed by atoms with van der Waals surface area (Å²) in [6.45, 7) is 6.98. The van der Waals surface area contributed by atoms with Gasteiger partial charge in [-0.1, -0.05) is 31.2 Å². The standard InChI is InChI=1S/C29H44N8O5/c1-19(2)26-29(41)31-20(3)27(39)30-17-22-18-37(35-34-22)14-15-42-23-11-9-21(10-12-23)16-25(38)32-24(28(40)33-26)8-6-7-13-36(4)5/h9-12,18-20,24,26H,6-8,13-17H2,1-5H3,(H,30,39)(H,31,41)(H,32,38)(H,33,40)/t20-,24+,26+/m1/s1. The van der Waals surface area contributed by atoms with Gasteiger partial charge >= 0.3 is 0 Å². The highest BCUT2D eigenvalue weighted by molar-refractivity contribution is 5.94. The fourth-order valence-corrected chi connectivity index (χ4v) is 4.45. The zero-order chi connectivity index (χ0) is 30.6. The monoisotopic (exact) mass is 584 g/mol. The molecule has 230 valence electrons. The van der Waals surface area contributed by atoms with Gasteiger partial charge in [-0.05, 0) is 70.4 Å². The number of unbranched alkanes of at least 4 members (excludes halogenated alkanes) is 1. The van der Waals surface area contributed by atoms with E-state index in [0.717, 1.165) is 18.5 Å². The normalized spacial score (nSPS) is 21.4. The van der Waals surface area contributed by atoms with Crippen molar-refractivity contribution in [3.8, 4) is 5.75 Å². The number of nitrogens with zero attached hydrogens (tertiary/aromatic N) is 4. The summed E-state index contributed by atoms with van der Waals surface area (Å²) in [4.78, 5) is 54.4. The molecule has 13 nitrogen and oxygen atoms in total. The number of carbonyl (C=O) groups excluding carboxylic acids is 4. The predicted octanol–water partition coefficient (Wildman–Crippen LogP) is 0.392. The number of rotatable bonds is 6. The fraction of sp³-hybridized carbons (Fsp3) is 0.586. The molecule has 0 spiro atoms. The number of carbonyl (C=O) groups is 4. The van der Waals surface area contributed by atoms with Gasteiger partial charge in [-0.15, -0.1) is 5.10 Å². The second kappa shape index (κ2) is 15.9. The molecule has 2 aliphatic rings. The van der Waals surface area contributed by atoms with Crippen LogP contribution in [0.15, 0.2) is 30.5 Å². The average Bonchev–Trinajstić information content (AvgIpc) is 3.39. The van der Waals surface area contributed by atoms with Crippen LogP contribution in [0.3, 0.4) is 0 Å². The summed E-state index contributed by atoms with van der Waals surface area (Å²) in [5, 5.41) is 19.3. The van der Waals surface area contributed by atoms with Crippen LogP contribution in [0.4, 0.5) is 0 Å². The fourth-order valence-electron chi connectivity index (χ4n) is 4.45. The number of hydrogen-bond donors (Lipinski definition) is 4. The molecule has 3 atom stereocenters. The molecule has 1 aromatic carbocycles. The van der Waals surface area contributed by atoms with Crippen LogP contribution in [0.1, 0.15) is 51.3 Å². The van der Waals surface area contributed by atoms with Gasteiger partial charge in [0.05, 0.1) is 25.7 Å². The van der Waals surface area contributed by atoms with Crippen molar-refractivity contribution in [2.24, 2.45) is 5.92 Å². The Kier molecular flexibility index (Phi) is 12.3. The highest BCUT2D eigenvalue weighted by atomic mass is 16.5. The lowest BCUT2D eigenvalue weighted by molar-refractivity contribution is -0.134. The quantitative estimate of drug-likeness (QED) is 0.280. The van der Waals surface area contributed by atoms with Crippen molar-refractivity contribution in [2.75, 3.05) is 27.2 Å². The maximum atomic E-state index is 13.4. The lowest BCUT2D eigenvalue weighted by atomic mass is 10.0. The molecule has 4 bridgehead atoms. The van der Waals surface area contributed by atoms with Crippen molar-refractivity contribution >= 4 is 23.6 Å². The second-order valence-corrected chi connectivity index (χ2v) is 11.2.